The van der Waals surface area contributed by atoms with Gasteiger partial charge in [0.15, 0.2) is 0 Å². The zero-order chi connectivity index (χ0) is 19.5. The molecule has 0 atom stereocenters. The highest BCUT2D eigenvalue weighted by Gasteiger charge is 2.25. The van der Waals surface area contributed by atoms with Crippen LogP contribution in [-0.4, -0.2) is 0 Å². The van der Waals surface area contributed by atoms with E-state index in [0.29, 0.717) is 5.92 Å². The second-order valence-corrected chi connectivity index (χ2v) is 9.50. The van der Waals surface area contributed by atoms with E-state index in [1.807, 2.05) is 0 Å². The Labute approximate surface area is 172 Å². The van der Waals surface area contributed by atoms with Gasteiger partial charge in [0.25, 0.3) is 0 Å². The van der Waals surface area contributed by atoms with Crippen molar-refractivity contribution in [2.24, 2.45) is 5.92 Å². The van der Waals surface area contributed by atoms with Crippen LogP contribution < -0.4 is 0 Å². The lowest BCUT2D eigenvalue weighted by Crippen LogP contribution is -2.14. The molecule has 2 heteroatoms. The van der Waals surface area contributed by atoms with Crippen molar-refractivity contribution in [3.8, 4) is 10.4 Å². The molecule has 0 amide bonds. The molecule has 1 aliphatic carbocycles. The van der Waals surface area contributed by atoms with Crippen LogP contribution >= 0.6 is 11.3 Å². The van der Waals surface area contributed by atoms with Crippen molar-refractivity contribution in [3.05, 3.63) is 59.4 Å². The van der Waals surface area contributed by atoms with Crippen molar-refractivity contribution in [1.29, 1.82) is 0 Å². The highest BCUT2D eigenvalue weighted by molar-refractivity contribution is 7.22. The fraction of sp³-hybridized carbons (Fsp3) is 0.462. The van der Waals surface area contributed by atoms with Gasteiger partial charge in [0.1, 0.15) is 5.82 Å². The Hall–Kier alpha value is -1.67. The summed E-state index contributed by atoms with van der Waals surface area (Å²) in [5.74, 6) is 1.30. The first-order valence-electron chi connectivity index (χ1n) is 11.0. The Bertz CT molecular complexity index is 914. The van der Waals surface area contributed by atoms with E-state index in [2.05, 4.69) is 56.3 Å². The van der Waals surface area contributed by atoms with Gasteiger partial charge in [-0.25, -0.2) is 4.39 Å². The van der Waals surface area contributed by atoms with Crippen LogP contribution in [0.25, 0.3) is 20.5 Å². The first-order valence-corrected chi connectivity index (χ1v) is 11.8. The summed E-state index contributed by atoms with van der Waals surface area (Å²) in [4.78, 5) is 1.17. The van der Waals surface area contributed by atoms with Gasteiger partial charge in [0, 0.05) is 4.88 Å². The van der Waals surface area contributed by atoms with E-state index in [4.69, 9.17) is 0 Å². The van der Waals surface area contributed by atoms with Crippen molar-refractivity contribution in [2.75, 3.05) is 0 Å². The molecule has 1 aromatic heterocycles. The van der Waals surface area contributed by atoms with E-state index in [-0.39, 0.29) is 5.82 Å². The molecule has 0 aliphatic heterocycles. The number of halogens is 1. The minimum Gasteiger partial charge on any atom is -0.205 e. The molecule has 0 radical (unpaired) electrons. The third kappa shape index (κ3) is 4.03. The number of hydrogen-bond donors (Lipinski definition) is 0. The zero-order valence-electron chi connectivity index (χ0n) is 17.1. The van der Waals surface area contributed by atoms with Crippen LogP contribution in [0, 0.1) is 11.7 Å². The summed E-state index contributed by atoms with van der Waals surface area (Å²) in [7, 11) is 0. The van der Waals surface area contributed by atoms with Crippen molar-refractivity contribution in [3.63, 3.8) is 0 Å². The average Bonchev–Trinajstić information content (AvgIpc) is 3.16. The predicted octanol–water partition coefficient (Wildman–Crippen LogP) is 8.73. The van der Waals surface area contributed by atoms with Gasteiger partial charge in [-0.05, 0) is 72.1 Å². The molecule has 1 fully saturated rings. The molecule has 28 heavy (non-hydrogen) atoms. The first-order chi connectivity index (χ1) is 13.7. The minimum absolute atomic E-state index is 0.0373. The second kappa shape index (κ2) is 8.78. The number of thiophene rings is 1. The highest BCUT2D eigenvalue weighted by atomic mass is 32.1. The van der Waals surface area contributed by atoms with Gasteiger partial charge >= 0.3 is 0 Å². The molecule has 1 heterocycles. The Morgan fingerprint density at radius 1 is 0.929 bits per heavy atom. The van der Waals surface area contributed by atoms with Crippen LogP contribution in [-0.2, 0) is 6.42 Å². The Morgan fingerprint density at radius 3 is 2.36 bits per heavy atom. The maximum absolute atomic E-state index is 15.4. The number of fused-ring (bicyclic) bond motifs is 1. The quantitative estimate of drug-likeness (QED) is 0.392. The minimum atomic E-state index is 0.0373. The third-order valence-electron chi connectivity index (χ3n) is 6.42. The predicted molar refractivity (Wildman–Crippen MR) is 121 cm³/mol. The van der Waals surface area contributed by atoms with Crippen molar-refractivity contribution in [2.45, 2.75) is 71.1 Å². The third-order valence-corrected chi connectivity index (χ3v) is 7.61. The smallest absolute Gasteiger partial charge is 0.144 e. The van der Waals surface area contributed by atoms with Crippen molar-refractivity contribution < 1.29 is 4.39 Å². The fourth-order valence-corrected chi connectivity index (χ4v) is 5.95. The summed E-state index contributed by atoms with van der Waals surface area (Å²) in [5.41, 5.74) is 3.52. The van der Waals surface area contributed by atoms with Crippen LogP contribution in [0.1, 0.15) is 75.8 Å². The molecule has 1 saturated carbocycles. The molecule has 1 aliphatic rings. The molecular formula is C26H31FS. The van der Waals surface area contributed by atoms with Gasteiger partial charge in [0.2, 0.25) is 0 Å². The van der Waals surface area contributed by atoms with Gasteiger partial charge in [-0.1, -0.05) is 69.5 Å². The number of hydrogen-bond acceptors (Lipinski definition) is 1. The summed E-state index contributed by atoms with van der Waals surface area (Å²) in [6, 6.07) is 15.1. The van der Waals surface area contributed by atoms with Crippen LogP contribution in [0.15, 0.2) is 42.5 Å². The van der Waals surface area contributed by atoms with Crippen LogP contribution in [0.5, 0.6) is 0 Å². The molecule has 2 aromatic carbocycles. The van der Waals surface area contributed by atoms with Gasteiger partial charge < -0.3 is 0 Å². The van der Waals surface area contributed by atoms with E-state index in [9.17, 15) is 0 Å². The molecule has 0 unspecified atom stereocenters. The standard InChI is InChI=1S/C26H31FS/c1-3-5-18-7-11-20(12-8-18)23-16-15-22-17-24(28-26(22)25(23)27)21-13-9-19(6-4-2)10-14-21/h9-10,13-18,20H,3-8,11-12H2,1-2H3. The average molecular weight is 395 g/mol. The fourth-order valence-electron chi connectivity index (χ4n) is 4.84. The van der Waals surface area contributed by atoms with Crippen LogP contribution in [0.2, 0.25) is 0 Å². The topological polar surface area (TPSA) is 0 Å². The Balaban J connectivity index is 1.58. The molecule has 0 bridgehead atoms. The lowest BCUT2D eigenvalue weighted by Gasteiger charge is -2.28. The maximum Gasteiger partial charge on any atom is 0.144 e. The largest absolute Gasteiger partial charge is 0.205 e. The summed E-state index contributed by atoms with van der Waals surface area (Å²) in [6.07, 6.45) is 9.69. The number of benzene rings is 2. The lowest BCUT2D eigenvalue weighted by molar-refractivity contribution is 0.305. The molecule has 0 saturated heterocycles. The summed E-state index contributed by atoms with van der Waals surface area (Å²) < 4.78 is 16.2. The van der Waals surface area contributed by atoms with Crippen LogP contribution in [0.3, 0.4) is 0 Å². The SMILES string of the molecule is CCCc1ccc(-c2cc3ccc(C4CCC(CCC)CC4)c(F)c3s2)cc1. The van der Waals surface area contributed by atoms with E-state index in [1.54, 1.807) is 11.3 Å². The van der Waals surface area contributed by atoms with Crippen LogP contribution in [0.4, 0.5) is 4.39 Å². The van der Waals surface area contributed by atoms with Crippen molar-refractivity contribution >= 4 is 21.4 Å². The van der Waals surface area contributed by atoms with E-state index in [0.717, 1.165) is 47.3 Å². The molecule has 4 rings (SSSR count). The molecule has 0 N–H and O–H groups in total. The maximum atomic E-state index is 15.4. The monoisotopic (exact) mass is 394 g/mol. The van der Waals surface area contributed by atoms with Gasteiger partial charge in [0.05, 0.1) is 4.70 Å². The van der Waals surface area contributed by atoms with E-state index < -0.39 is 0 Å². The number of rotatable bonds is 6. The zero-order valence-corrected chi connectivity index (χ0v) is 18.0. The van der Waals surface area contributed by atoms with Gasteiger partial charge in [-0.15, -0.1) is 11.3 Å². The molecular weight excluding hydrogens is 363 g/mol. The molecule has 0 nitrogen and oxygen atoms in total. The lowest BCUT2D eigenvalue weighted by atomic mass is 9.77. The van der Waals surface area contributed by atoms with E-state index >= 15 is 4.39 Å². The van der Waals surface area contributed by atoms with Crippen molar-refractivity contribution in [1.82, 2.24) is 0 Å². The number of aryl methyl sites for hydroxylation is 1. The van der Waals surface area contributed by atoms with E-state index in [1.165, 1.54) is 41.7 Å². The second-order valence-electron chi connectivity index (χ2n) is 8.45. The molecule has 3 aromatic rings. The Morgan fingerprint density at radius 2 is 1.68 bits per heavy atom. The molecule has 148 valence electrons. The normalized spacial score (nSPS) is 20.0. The van der Waals surface area contributed by atoms with Gasteiger partial charge in [-0.3, -0.25) is 0 Å². The summed E-state index contributed by atoms with van der Waals surface area (Å²) >= 11 is 1.61. The summed E-state index contributed by atoms with van der Waals surface area (Å²) in [6.45, 7) is 4.47. The Kier molecular flexibility index (Phi) is 6.16. The van der Waals surface area contributed by atoms with Gasteiger partial charge in [-0.2, -0.15) is 0 Å². The highest BCUT2D eigenvalue weighted by Crippen LogP contribution is 2.42. The first kappa shape index (κ1) is 19.6. The summed E-state index contributed by atoms with van der Waals surface area (Å²) in [5, 5.41) is 1.04. The molecule has 0 spiro atoms.